The van der Waals surface area contributed by atoms with E-state index in [1.54, 1.807) is 0 Å². The molecule has 4 heteroatoms. The molecule has 0 saturated heterocycles. The molecule has 0 spiro atoms. The fourth-order valence-electron chi connectivity index (χ4n) is 4.68. The third-order valence-corrected chi connectivity index (χ3v) is 6.62. The fraction of sp³-hybridized carbons (Fsp3) is 0. The van der Waals surface area contributed by atoms with Gasteiger partial charge in [0.15, 0.2) is 0 Å². The SMILES string of the molecule is Clc1cc(-c2nc3ccccc3nc2-c2ccc3c(c2)oc2ccccc23)cc2ccccc12. The molecule has 2 heterocycles. The number of furan rings is 1. The van der Waals surface area contributed by atoms with Gasteiger partial charge < -0.3 is 4.42 Å². The van der Waals surface area contributed by atoms with Gasteiger partial charge >= 0.3 is 0 Å². The Hall–Kier alpha value is -4.21. The average Bonchev–Trinajstić information content (AvgIpc) is 3.26. The van der Waals surface area contributed by atoms with Crippen molar-refractivity contribution in [1.29, 1.82) is 0 Å². The Morgan fingerprint density at radius 3 is 2.00 bits per heavy atom. The van der Waals surface area contributed by atoms with Gasteiger partial charge in [-0.05, 0) is 47.9 Å². The normalized spacial score (nSPS) is 11.7. The molecule has 160 valence electrons. The van der Waals surface area contributed by atoms with Crippen LogP contribution in [0.2, 0.25) is 5.02 Å². The third kappa shape index (κ3) is 2.98. The number of para-hydroxylation sites is 3. The summed E-state index contributed by atoms with van der Waals surface area (Å²) in [7, 11) is 0. The summed E-state index contributed by atoms with van der Waals surface area (Å²) in [5, 5.41) is 4.98. The minimum Gasteiger partial charge on any atom is -0.456 e. The molecule has 0 atom stereocenters. The molecule has 0 fully saturated rings. The van der Waals surface area contributed by atoms with Crippen LogP contribution < -0.4 is 0 Å². The topological polar surface area (TPSA) is 38.9 Å². The van der Waals surface area contributed by atoms with Crippen LogP contribution in [0, 0.1) is 0 Å². The molecule has 0 saturated carbocycles. The lowest BCUT2D eigenvalue weighted by Crippen LogP contribution is -1.95. The van der Waals surface area contributed by atoms with E-state index < -0.39 is 0 Å². The fourth-order valence-corrected chi connectivity index (χ4v) is 4.97. The van der Waals surface area contributed by atoms with E-state index in [9.17, 15) is 0 Å². The van der Waals surface area contributed by atoms with Crippen molar-refractivity contribution in [2.75, 3.05) is 0 Å². The molecule has 0 unspecified atom stereocenters. The number of aromatic nitrogens is 2. The lowest BCUT2D eigenvalue weighted by atomic mass is 9.99. The zero-order valence-corrected chi connectivity index (χ0v) is 18.8. The predicted octanol–water partition coefficient (Wildman–Crippen LogP) is 8.67. The van der Waals surface area contributed by atoms with Crippen molar-refractivity contribution >= 4 is 55.3 Å². The van der Waals surface area contributed by atoms with Crippen LogP contribution in [0.3, 0.4) is 0 Å². The molecule has 34 heavy (non-hydrogen) atoms. The first-order chi connectivity index (χ1) is 16.7. The van der Waals surface area contributed by atoms with Crippen molar-refractivity contribution in [3.05, 3.63) is 108 Å². The molecule has 0 radical (unpaired) electrons. The van der Waals surface area contributed by atoms with E-state index in [0.717, 1.165) is 66.3 Å². The number of hydrogen-bond donors (Lipinski definition) is 0. The van der Waals surface area contributed by atoms with Gasteiger partial charge in [0.05, 0.1) is 22.4 Å². The molecule has 0 bridgehead atoms. The van der Waals surface area contributed by atoms with Crippen molar-refractivity contribution in [2.24, 2.45) is 0 Å². The van der Waals surface area contributed by atoms with Gasteiger partial charge in [0.1, 0.15) is 11.2 Å². The van der Waals surface area contributed by atoms with E-state index in [1.165, 1.54) is 0 Å². The highest BCUT2D eigenvalue weighted by molar-refractivity contribution is 6.36. The molecule has 0 amide bonds. The maximum atomic E-state index is 6.69. The molecule has 0 aliphatic heterocycles. The van der Waals surface area contributed by atoms with Crippen LogP contribution in [0.4, 0.5) is 0 Å². The van der Waals surface area contributed by atoms with Crippen LogP contribution in [-0.4, -0.2) is 9.97 Å². The zero-order chi connectivity index (χ0) is 22.6. The second-order valence-corrected chi connectivity index (χ2v) is 8.81. The zero-order valence-electron chi connectivity index (χ0n) is 18.0. The molecule has 0 aliphatic carbocycles. The number of fused-ring (bicyclic) bond motifs is 5. The van der Waals surface area contributed by atoms with Gasteiger partial charge in [-0.15, -0.1) is 0 Å². The minimum atomic E-state index is 0.696. The van der Waals surface area contributed by atoms with Gasteiger partial charge in [-0.25, -0.2) is 9.97 Å². The van der Waals surface area contributed by atoms with Crippen LogP contribution in [0.1, 0.15) is 0 Å². The van der Waals surface area contributed by atoms with E-state index in [0.29, 0.717) is 5.02 Å². The lowest BCUT2D eigenvalue weighted by molar-refractivity contribution is 0.669. The maximum Gasteiger partial charge on any atom is 0.136 e. The van der Waals surface area contributed by atoms with Crippen LogP contribution >= 0.6 is 11.6 Å². The van der Waals surface area contributed by atoms with E-state index in [4.69, 9.17) is 26.0 Å². The summed E-state index contributed by atoms with van der Waals surface area (Å²) < 4.78 is 6.16. The highest BCUT2D eigenvalue weighted by Crippen LogP contribution is 2.37. The Labute approximate surface area is 200 Å². The Morgan fingerprint density at radius 2 is 1.18 bits per heavy atom. The van der Waals surface area contributed by atoms with Crippen LogP contribution in [-0.2, 0) is 0 Å². The third-order valence-electron chi connectivity index (χ3n) is 6.31. The summed E-state index contributed by atoms with van der Waals surface area (Å²) in [6, 6.07) is 34.5. The Bertz CT molecular complexity index is 1890. The highest BCUT2D eigenvalue weighted by atomic mass is 35.5. The van der Waals surface area contributed by atoms with E-state index in [1.807, 2.05) is 66.7 Å². The first kappa shape index (κ1) is 19.3. The van der Waals surface area contributed by atoms with Crippen molar-refractivity contribution in [3.8, 4) is 22.5 Å². The maximum absolute atomic E-state index is 6.69. The smallest absolute Gasteiger partial charge is 0.136 e. The number of benzene rings is 5. The quantitative estimate of drug-likeness (QED) is 0.261. The minimum absolute atomic E-state index is 0.696. The van der Waals surface area contributed by atoms with Crippen molar-refractivity contribution in [2.45, 2.75) is 0 Å². The molecule has 7 aromatic rings. The van der Waals surface area contributed by atoms with Crippen molar-refractivity contribution < 1.29 is 4.42 Å². The standard InChI is InChI=1S/C30H17ClN2O/c31-24-16-20(15-18-7-1-2-8-21(18)24)30-29(32-25-10-4-5-11-26(25)33-30)19-13-14-23-22-9-3-6-12-27(22)34-28(23)17-19/h1-17H. The Morgan fingerprint density at radius 1 is 0.529 bits per heavy atom. The summed E-state index contributed by atoms with van der Waals surface area (Å²) >= 11 is 6.69. The average molecular weight is 457 g/mol. The van der Waals surface area contributed by atoms with Gasteiger partial charge in [0.2, 0.25) is 0 Å². The molecular weight excluding hydrogens is 440 g/mol. The Kier molecular flexibility index (Phi) is 4.20. The van der Waals surface area contributed by atoms with Crippen LogP contribution in [0.5, 0.6) is 0 Å². The van der Waals surface area contributed by atoms with Gasteiger partial charge in [-0.2, -0.15) is 0 Å². The van der Waals surface area contributed by atoms with E-state index in [2.05, 4.69) is 36.4 Å². The second kappa shape index (κ2) is 7.41. The first-order valence-corrected chi connectivity index (χ1v) is 11.5. The number of nitrogens with zero attached hydrogens (tertiary/aromatic N) is 2. The molecule has 5 aromatic carbocycles. The van der Waals surface area contributed by atoms with E-state index >= 15 is 0 Å². The summed E-state index contributed by atoms with van der Waals surface area (Å²) in [6.45, 7) is 0. The summed E-state index contributed by atoms with van der Waals surface area (Å²) in [4.78, 5) is 10.1. The van der Waals surface area contributed by atoms with Gasteiger partial charge in [-0.1, -0.05) is 72.3 Å². The monoisotopic (exact) mass is 456 g/mol. The highest BCUT2D eigenvalue weighted by Gasteiger charge is 2.17. The molecule has 3 nitrogen and oxygen atoms in total. The molecular formula is C30H17ClN2O. The number of rotatable bonds is 2. The molecule has 2 aromatic heterocycles. The van der Waals surface area contributed by atoms with Crippen LogP contribution in [0.15, 0.2) is 108 Å². The predicted molar refractivity (Wildman–Crippen MR) is 140 cm³/mol. The number of hydrogen-bond acceptors (Lipinski definition) is 3. The first-order valence-electron chi connectivity index (χ1n) is 11.1. The molecule has 0 aliphatic rings. The summed E-state index contributed by atoms with van der Waals surface area (Å²) in [5.41, 5.74) is 6.87. The van der Waals surface area contributed by atoms with Crippen LogP contribution in [0.25, 0.3) is 66.3 Å². The molecule has 0 N–H and O–H groups in total. The van der Waals surface area contributed by atoms with Gasteiger partial charge in [0.25, 0.3) is 0 Å². The van der Waals surface area contributed by atoms with E-state index in [-0.39, 0.29) is 0 Å². The summed E-state index contributed by atoms with van der Waals surface area (Å²) in [6.07, 6.45) is 0. The molecule has 7 rings (SSSR count). The summed E-state index contributed by atoms with van der Waals surface area (Å²) in [5.74, 6) is 0. The van der Waals surface area contributed by atoms with Crippen molar-refractivity contribution in [1.82, 2.24) is 9.97 Å². The Balaban J connectivity index is 1.52. The second-order valence-electron chi connectivity index (χ2n) is 8.40. The van der Waals surface area contributed by atoms with Gasteiger partial charge in [-0.3, -0.25) is 0 Å². The van der Waals surface area contributed by atoms with Crippen molar-refractivity contribution in [3.63, 3.8) is 0 Å². The largest absolute Gasteiger partial charge is 0.456 e. The lowest BCUT2D eigenvalue weighted by Gasteiger charge is -2.12. The van der Waals surface area contributed by atoms with Gasteiger partial charge in [0, 0.05) is 32.3 Å². The number of halogens is 1.